The van der Waals surface area contributed by atoms with Crippen LogP contribution in [0.1, 0.15) is 47.0 Å². The summed E-state index contributed by atoms with van der Waals surface area (Å²) < 4.78 is 25.2. The third kappa shape index (κ3) is 2.53. The van der Waals surface area contributed by atoms with Gasteiger partial charge in [-0.3, -0.25) is 0 Å². The predicted molar refractivity (Wildman–Crippen MR) is 78.5 cm³/mol. The van der Waals surface area contributed by atoms with E-state index in [0.717, 1.165) is 6.29 Å². The first-order chi connectivity index (χ1) is 9.41. The molecule has 0 radical (unpaired) electrons. The summed E-state index contributed by atoms with van der Waals surface area (Å²) >= 11 is 0. The standard InChI is InChI=1S/C14H28NO4P/c1-11-12(2)17-20(16-11,18-13(3)14(4)19-20)10-15-8-6-5-7-9-15/h11-14H,5-10H2,1-4H3/p+1/t11-,12-,13-,14+/m1/s1. The van der Waals surface area contributed by atoms with Gasteiger partial charge in [-0.2, -0.15) is 0 Å². The van der Waals surface area contributed by atoms with Crippen molar-refractivity contribution in [2.75, 3.05) is 19.4 Å². The van der Waals surface area contributed by atoms with Crippen LogP contribution in [-0.4, -0.2) is 43.8 Å². The molecule has 0 aliphatic carbocycles. The van der Waals surface area contributed by atoms with Crippen LogP contribution in [0.3, 0.4) is 0 Å². The average Bonchev–Trinajstić information content (AvgIpc) is 2.75. The van der Waals surface area contributed by atoms with Crippen LogP contribution in [0, 0.1) is 0 Å². The van der Waals surface area contributed by atoms with Gasteiger partial charge in [0.15, 0.2) is 0 Å². The number of likely N-dealkylation sites (tertiary alicyclic amines) is 1. The van der Waals surface area contributed by atoms with E-state index in [1.807, 2.05) is 0 Å². The number of nitrogens with one attached hydrogen (secondary N) is 1. The molecule has 3 fully saturated rings. The normalized spacial score (nSPS) is 46.3. The second-order valence-electron chi connectivity index (χ2n) is 6.67. The molecule has 3 aliphatic rings. The number of hydrogen-bond acceptors (Lipinski definition) is 4. The molecule has 6 heteroatoms. The Morgan fingerprint density at radius 1 is 0.750 bits per heavy atom. The summed E-state index contributed by atoms with van der Waals surface area (Å²) in [5.74, 6) is 0. The van der Waals surface area contributed by atoms with E-state index >= 15 is 0 Å². The fourth-order valence-electron chi connectivity index (χ4n) is 3.50. The molecule has 20 heavy (non-hydrogen) atoms. The van der Waals surface area contributed by atoms with Crippen molar-refractivity contribution in [1.29, 1.82) is 0 Å². The van der Waals surface area contributed by atoms with Gasteiger partial charge >= 0.3 is 121 Å². The van der Waals surface area contributed by atoms with Gasteiger partial charge in [0, 0.05) is 0 Å². The van der Waals surface area contributed by atoms with E-state index < -0.39 is 7.51 Å². The van der Waals surface area contributed by atoms with E-state index in [9.17, 15) is 0 Å². The topological polar surface area (TPSA) is 41.4 Å². The molecule has 0 bridgehead atoms. The first kappa shape index (κ1) is 15.1. The van der Waals surface area contributed by atoms with E-state index in [0.29, 0.717) is 0 Å². The van der Waals surface area contributed by atoms with Gasteiger partial charge in [-0.25, -0.2) is 0 Å². The Balaban J connectivity index is 1.85. The molecule has 1 spiro atoms. The van der Waals surface area contributed by atoms with E-state index in [-0.39, 0.29) is 24.4 Å². The van der Waals surface area contributed by atoms with Gasteiger partial charge in [0.2, 0.25) is 0 Å². The Hall–Kier alpha value is 0.230. The summed E-state index contributed by atoms with van der Waals surface area (Å²) in [7, 11) is -3.38. The molecule has 0 aromatic carbocycles. The van der Waals surface area contributed by atoms with Crippen LogP contribution in [0.25, 0.3) is 0 Å². The minimum absolute atomic E-state index is 0.0364. The van der Waals surface area contributed by atoms with E-state index in [1.54, 1.807) is 0 Å². The van der Waals surface area contributed by atoms with Gasteiger partial charge in [0.25, 0.3) is 0 Å². The van der Waals surface area contributed by atoms with E-state index in [1.165, 1.54) is 37.3 Å². The molecule has 1 N–H and O–H groups in total. The Kier molecular flexibility index (Phi) is 3.90. The SMILES string of the molecule is C[C@@H]1OP2(C[NH+]3CCCCC3)(O[C@@H]1C)O[C@H](C)[C@@H](C)O2. The average molecular weight is 306 g/mol. The number of hydrogen-bond donors (Lipinski definition) is 1. The van der Waals surface area contributed by atoms with Crippen LogP contribution in [0.4, 0.5) is 0 Å². The molecular weight excluding hydrogens is 277 g/mol. The molecular formula is C14H29NO4P+. The van der Waals surface area contributed by atoms with Gasteiger partial charge < -0.3 is 0 Å². The van der Waals surface area contributed by atoms with Crippen LogP contribution in [0.5, 0.6) is 0 Å². The molecule has 0 unspecified atom stereocenters. The number of quaternary nitrogens is 1. The third-order valence-corrected chi connectivity index (χ3v) is 8.77. The number of rotatable bonds is 2. The fourth-order valence-corrected chi connectivity index (χ4v) is 8.40. The molecule has 0 aromatic heterocycles. The quantitative estimate of drug-likeness (QED) is 0.791. The summed E-state index contributed by atoms with van der Waals surface area (Å²) in [5.41, 5.74) is 0. The van der Waals surface area contributed by atoms with E-state index in [2.05, 4.69) is 27.7 Å². The first-order valence-corrected chi connectivity index (χ1v) is 10.1. The summed E-state index contributed by atoms with van der Waals surface area (Å²) in [4.78, 5) is 1.51. The summed E-state index contributed by atoms with van der Waals surface area (Å²) in [5, 5.41) is 0. The van der Waals surface area contributed by atoms with Crippen molar-refractivity contribution in [3.63, 3.8) is 0 Å². The third-order valence-electron chi connectivity index (χ3n) is 4.84. The molecule has 3 aliphatic heterocycles. The first-order valence-electron chi connectivity index (χ1n) is 8.03. The second-order valence-corrected chi connectivity index (χ2v) is 9.76. The minimum atomic E-state index is -3.38. The second kappa shape index (κ2) is 5.15. The Labute approximate surface area is 122 Å². The van der Waals surface area contributed by atoms with Crippen molar-refractivity contribution in [2.45, 2.75) is 71.4 Å². The van der Waals surface area contributed by atoms with Crippen molar-refractivity contribution in [3.05, 3.63) is 0 Å². The van der Waals surface area contributed by atoms with Gasteiger partial charge in [-0.05, 0) is 0 Å². The van der Waals surface area contributed by atoms with Crippen molar-refractivity contribution < 1.29 is 23.0 Å². The molecule has 5 nitrogen and oxygen atoms in total. The van der Waals surface area contributed by atoms with E-state index in [4.69, 9.17) is 18.1 Å². The summed E-state index contributed by atoms with van der Waals surface area (Å²) in [6.07, 6.45) is 4.78. The molecule has 3 heterocycles. The van der Waals surface area contributed by atoms with Crippen LogP contribution in [-0.2, 0) is 18.1 Å². The number of piperidine rings is 1. The van der Waals surface area contributed by atoms with Crippen LogP contribution in [0.2, 0.25) is 0 Å². The van der Waals surface area contributed by atoms with Crippen molar-refractivity contribution in [3.8, 4) is 0 Å². The molecule has 3 saturated heterocycles. The van der Waals surface area contributed by atoms with Crippen molar-refractivity contribution in [1.82, 2.24) is 0 Å². The molecule has 118 valence electrons. The fraction of sp³-hybridized carbons (Fsp3) is 1.00. The molecule has 3 rings (SSSR count). The molecule has 0 saturated carbocycles. The monoisotopic (exact) mass is 306 g/mol. The van der Waals surface area contributed by atoms with Crippen molar-refractivity contribution in [2.24, 2.45) is 0 Å². The maximum atomic E-state index is 6.30. The molecule has 4 atom stereocenters. The van der Waals surface area contributed by atoms with Crippen LogP contribution >= 0.6 is 7.51 Å². The van der Waals surface area contributed by atoms with Gasteiger partial charge in [0.05, 0.1) is 0 Å². The zero-order valence-corrected chi connectivity index (χ0v) is 14.0. The van der Waals surface area contributed by atoms with Gasteiger partial charge in [-0.15, -0.1) is 0 Å². The van der Waals surface area contributed by atoms with Crippen molar-refractivity contribution >= 4 is 7.51 Å². The summed E-state index contributed by atoms with van der Waals surface area (Å²) in [6.45, 7) is 10.6. The predicted octanol–water partition coefficient (Wildman–Crippen LogP) is 1.87. The van der Waals surface area contributed by atoms with Gasteiger partial charge in [0.1, 0.15) is 0 Å². The Morgan fingerprint density at radius 2 is 1.15 bits per heavy atom. The van der Waals surface area contributed by atoms with Gasteiger partial charge in [-0.1, -0.05) is 0 Å². The zero-order valence-electron chi connectivity index (χ0n) is 13.1. The summed E-state index contributed by atoms with van der Waals surface area (Å²) in [6, 6.07) is 0. The Morgan fingerprint density at radius 3 is 1.55 bits per heavy atom. The molecule has 0 amide bonds. The van der Waals surface area contributed by atoms with Crippen LogP contribution in [0.15, 0.2) is 0 Å². The molecule has 0 aromatic rings. The van der Waals surface area contributed by atoms with Crippen LogP contribution < -0.4 is 4.90 Å². The maximum absolute atomic E-state index is 6.30. The zero-order chi connectivity index (χ0) is 14.4. The Bertz CT molecular complexity index is 323.